The van der Waals surface area contributed by atoms with Crippen molar-refractivity contribution in [1.29, 1.82) is 0 Å². The van der Waals surface area contributed by atoms with Gasteiger partial charge >= 0.3 is 5.97 Å². The van der Waals surface area contributed by atoms with Crippen LogP contribution in [0.25, 0.3) is 0 Å². The highest BCUT2D eigenvalue weighted by Gasteiger charge is 2.09. The molecular formula is C18H18O5. The third-order valence-electron chi connectivity index (χ3n) is 3.29. The summed E-state index contributed by atoms with van der Waals surface area (Å²) in [5.41, 5.74) is 1.41. The Morgan fingerprint density at radius 2 is 1.83 bits per heavy atom. The molecule has 23 heavy (non-hydrogen) atoms. The molecule has 0 amide bonds. The quantitative estimate of drug-likeness (QED) is 0.446. The second-order valence-corrected chi connectivity index (χ2v) is 4.85. The first kappa shape index (κ1) is 16.5. The van der Waals surface area contributed by atoms with E-state index in [1.807, 2.05) is 12.1 Å². The van der Waals surface area contributed by atoms with Crippen LogP contribution in [0.2, 0.25) is 0 Å². The van der Waals surface area contributed by atoms with E-state index in [4.69, 9.17) is 14.2 Å². The monoisotopic (exact) mass is 314 g/mol. The maximum atomic E-state index is 11.9. The maximum Gasteiger partial charge on any atom is 0.311 e. The first-order valence-electron chi connectivity index (χ1n) is 7.13. The van der Waals surface area contributed by atoms with E-state index < -0.39 is 0 Å². The van der Waals surface area contributed by atoms with Gasteiger partial charge in [0.2, 0.25) is 0 Å². The number of hydrogen-bond donors (Lipinski definition) is 0. The minimum atomic E-state index is -0.358. The molecule has 2 rings (SSSR count). The normalized spacial score (nSPS) is 10.0. The van der Waals surface area contributed by atoms with E-state index in [0.717, 1.165) is 5.56 Å². The van der Waals surface area contributed by atoms with Crippen molar-refractivity contribution in [1.82, 2.24) is 0 Å². The number of hydrogen-bond acceptors (Lipinski definition) is 5. The molecule has 120 valence electrons. The van der Waals surface area contributed by atoms with Crippen molar-refractivity contribution in [2.24, 2.45) is 0 Å². The third kappa shape index (κ3) is 4.57. The third-order valence-corrected chi connectivity index (χ3v) is 3.29. The molecule has 0 aromatic heterocycles. The van der Waals surface area contributed by atoms with E-state index in [1.54, 1.807) is 38.5 Å². The lowest BCUT2D eigenvalue weighted by Gasteiger charge is -2.09. The zero-order valence-corrected chi connectivity index (χ0v) is 13.1. The Bertz CT molecular complexity index is 694. The standard InChI is InChI=1S/C18H18O5/c1-21-16-8-6-13(11-17(16)22-2)7-9-18(20)23-15-5-3-4-14(10-15)12-19/h3-6,8,10-12H,7,9H2,1-2H3. The van der Waals surface area contributed by atoms with Gasteiger partial charge in [-0.25, -0.2) is 0 Å². The van der Waals surface area contributed by atoms with Crippen LogP contribution < -0.4 is 14.2 Å². The summed E-state index contributed by atoms with van der Waals surface area (Å²) in [6, 6.07) is 12.0. The zero-order valence-electron chi connectivity index (χ0n) is 13.1. The van der Waals surface area contributed by atoms with Gasteiger partial charge in [-0.3, -0.25) is 9.59 Å². The Hall–Kier alpha value is -2.82. The average molecular weight is 314 g/mol. The zero-order chi connectivity index (χ0) is 16.7. The summed E-state index contributed by atoms with van der Waals surface area (Å²) >= 11 is 0. The van der Waals surface area contributed by atoms with Crippen LogP contribution in [0, 0.1) is 0 Å². The van der Waals surface area contributed by atoms with Crippen molar-refractivity contribution in [3.8, 4) is 17.2 Å². The first-order chi connectivity index (χ1) is 11.2. The van der Waals surface area contributed by atoms with Crippen LogP contribution in [-0.2, 0) is 11.2 Å². The second kappa shape index (κ2) is 7.98. The van der Waals surface area contributed by atoms with Crippen molar-refractivity contribution >= 4 is 12.3 Å². The summed E-state index contributed by atoms with van der Waals surface area (Å²) in [4.78, 5) is 22.6. The van der Waals surface area contributed by atoms with Gasteiger partial charge in [0.25, 0.3) is 0 Å². The highest BCUT2D eigenvalue weighted by atomic mass is 16.5. The maximum absolute atomic E-state index is 11.9. The lowest BCUT2D eigenvalue weighted by molar-refractivity contribution is -0.134. The van der Waals surface area contributed by atoms with Gasteiger partial charge in [-0.2, -0.15) is 0 Å². The number of aryl methyl sites for hydroxylation is 1. The Kier molecular flexibility index (Phi) is 5.74. The van der Waals surface area contributed by atoms with Crippen LogP contribution in [0.5, 0.6) is 17.2 Å². The topological polar surface area (TPSA) is 61.8 Å². The molecule has 0 bridgehead atoms. The summed E-state index contributed by atoms with van der Waals surface area (Å²) < 4.78 is 15.6. The minimum Gasteiger partial charge on any atom is -0.493 e. The molecule has 5 nitrogen and oxygen atoms in total. The number of benzene rings is 2. The van der Waals surface area contributed by atoms with Gasteiger partial charge in [0.05, 0.1) is 14.2 Å². The molecule has 0 aliphatic rings. The second-order valence-electron chi connectivity index (χ2n) is 4.85. The lowest BCUT2D eigenvalue weighted by atomic mass is 10.1. The summed E-state index contributed by atoms with van der Waals surface area (Å²) in [6.07, 6.45) is 1.45. The van der Waals surface area contributed by atoms with Crippen molar-refractivity contribution in [3.05, 3.63) is 53.6 Å². The summed E-state index contributed by atoms with van der Waals surface area (Å²) in [5.74, 6) is 1.27. The SMILES string of the molecule is COc1ccc(CCC(=O)Oc2cccc(C=O)c2)cc1OC. The van der Waals surface area contributed by atoms with E-state index >= 15 is 0 Å². The molecule has 2 aromatic carbocycles. The number of ether oxygens (including phenoxy) is 3. The number of carbonyl (C=O) groups excluding carboxylic acids is 2. The highest BCUT2D eigenvalue weighted by molar-refractivity contribution is 5.77. The van der Waals surface area contributed by atoms with Crippen LogP contribution in [0.15, 0.2) is 42.5 Å². The van der Waals surface area contributed by atoms with Gasteiger partial charge in [-0.1, -0.05) is 18.2 Å². The number of esters is 1. The van der Waals surface area contributed by atoms with Gasteiger partial charge in [0.15, 0.2) is 11.5 Å². The molecule has 0 saturated heterocycles. The molecule has 0 fully saturated rings. The fourth-order valence-electron chi connectivity index (χ4n) is 2.12. The molecular weight excluding hydrogens is 296 g/mol. The number of rotatable bonds is 7. The molecule has 2 aromatic rings. The van der Waals surface area contributed by atoms with E-state index in [0.29, 0.717) is 35.5 Å². The highest BCUT2D eigenvalue weighted by Crippen LogP contribution is 2.28. The summed E-state index contributed by atoms with van der Waals surface area (Å²) in [6.45, 7) is 0. The smallest absolute Gasteiger partial charge is 0.311 e. The molecule has 5 heteroatoms. The van der Waals surface area contributed by atoms with Gasteiger partial charge in [0, 0.05) is 12.0 Å². The Balaban J connectivity index is 1.94. The van der Waals surface area contributed by atoms with Crippen LogP contribution in [0.4, 0.5) is 0 Å². The summed E-state index contributed by atoms with van der Waals surface area (Å²) in [7, 11) is 3.14. The molecule has 0 saturated carbocycles. The van der Waals surface area contributed by atoms with Gasteiger partial charge < -0.3 is 14.2 Å². The van der Waals surface area contributed by atoms with Gasteiger partial charge in [-0.05, 0) is 36.2 Å². The van der Waals surface area contributed by atoms with E-state index in [9.17, 15) is 9.59 Å². The van der Waals surface area contributed by atoms with Crippen molar-refractivity contribution in [3.63, 3.8) is 0 Å². The number of aldehydes is 1. The van der Waals surface area contributed by atoms with E-state index in [1.165, 1.54) is 6.07 Å². The van der Waals surface area contributed by atoms with Crippen molar-refractivity contribution in [2.75, 3.05) is 14.2 Å². The molecule has 0 N–H and O–H groups in total. The molecule has 0 unspecified atom stereocenters. The Morgan fingerprint density at radius 1 is 1.04 bits per heavy atom. The fraction of sp³-hybridized carbons (Fsp3) is 0.222. The molecule has 0 spiro atoms. The Labute approximate surface area is 134 Å². The molecule has 0 heterocycles. The van der Waals surface area contributed by atoms with Gasteiger partial charge in [-0.15, -0.1) is 0 Å². The van der Waals surface area contributed by atoms with Crippen LogP contribution in [0.1, 0.15) is 22.3 Å². The predicted octanol–water partition coefficient (Wildman–Crippen LogP) is 3.05. The van der Waals surface area contributed by atoms with E-state index in [2.05, 4.69) is 0 Å². The number of methoxy groups -OCH3 is 2. The Morgan fingerprint density at radius 3 is 2.52 bits per heavy atom. The predicted molar refractivity (Wildman–Crippen MR) is 85.3 cm³/mol. The first-order valence-corrected chi connectivity index (χ1v) is 7.13. The lowest BCUT2D eigenvalue weighted by Crippen LogP contribution is -2.09. The van der Waals surface area contributed by atoms with Crippen LogP contribution in [-0.4, -0.2) is 26.5 Å². The van der Waals surface area contributed by atoms with E-state index in [-0.39, 0.29) is 12.4 Å². The van der Waals surface area contributed by atoms with Crippen LogP contribution in [0.3, 0.4) is 0 Å². The molecule has 0 atom stereocenters. The average Bonchev–Trinajstić information content (AvgIpc) is 2.59. The summed E-state index contributed by atoms with van der Waals surface area (Å²) in [5, 5.41) is 0. The molecule has 0 radical (unpaired) electrons. The van der Waals surface area contributed by atoms with Crippen molar-refractivity contribution in [2.45, 2.75) is 12.8 Å². The fourth-order valence-corrected chi connectivity index (χ4v) is 2.12. The molecule has 0 aliphatic heterocycles. The number of carbonyl (C=O) groups is 2. The van der Waals surface area contributed by atoms with Gasteiger partial charge in [0.1, 0.15) is 12.0 Å². The van der Waals surface area contributed by atoms with Crippen molar-refractivity contribution < 1.29 is 23.8 Å². The molecule has 0 aliphatic carbocycles. The van der Waals surface area contributed by atoms with Crippen LogP contribution >= 0.6 is 0 Å². The minimum absolute atomic E-state index is 0.223. The largest absolute Gasteiger partial charge is 0.493 e.